The Labute approximate surface area is 188 Å². The van der Waals surface area contributed by atoms with E-state index in [1.54, 1.807) is 41.5 Å². The molecule has 0 fully saturated rings. The number of phosphoric ester groups is 1. The van der Waals surface area contributed by atoms with Crippen molar-refractivity contribution in [1.29, 1.82) is 0 Å². The first kappa shape index (κ1) is 30.4. The maximum atomic E-state index is 13.3. The number of carbonyl (C=O) groups is 3. The second kappa shape index (κ2) is 14.5. The Balaban J connectivity index is 5.94. The van der Waals surface area contributed by atoms with Crippen molar-refractivity contribution in [3.63, 3.8) is 0 Å². The maximum Gasteiger partial charge on any atom is 0.653 e. The quantitative estimate of drug-likeness (QED) is 0.225. The number of hydroxylamine groups is 3. The van der Waals surface area contributed by atoms with Crippen molar-refractivity contribution < 1.29 is 47.0 Å². The van der Waals surface area contributed by atoms with Gasteiger partial charge in [0, 0.05) is 0 Å². The van der Waals surface area contributed by atoms with Gasteiger partial charge in [-0.3, -0.25) is 0 Å². The molecule has 3 N–H and O–H groups in total. The lowest BCUT2D eigenvalue weighted by atomic mass is 10.1. The van der Waals surface area contributed by atoms with Crippen LogP contribution in [0.15, 0.2) is 0 Å². The molecule has 0 heterocycles. The Bertz CT molecular complexity index is 573. The SMILES string of the molecule is CONC(C(=O)OP(=O)(OC(=O)C(NOC)C(C)C)OC(=O)C(NOC)C(C)C)C(C)C. The van der Waals surface area contributed by atoms with E-state index in [4.69, 9.17) is 28.1 Å². The normalized spacial score (nSPS) is 16.4. The molecule has 0 saturated heterocycles. The summed E-state index contributed by atoms with van der Waals surface area (Å²) in [5.74, 6) is -4.48. The van der Waals surface area contributed by atoms with E-state index in [9.17, 15) is 18.9 Å². The minimum absolute atomic E-state index is 0.376. The van der Waals surface area contributed by atoms with Crippen LogP contribution >= 0.6 is 7.82 Å². The van der Waals surface area contributed by atoms with E-state index < -0.39 is 43.9 Å². The highest BCUT2D eigenvalue weighted by Gasteiger charge is 2.45. The fraction of sp³-hybridized carbons (Fsp3) is 0.833. The molecule has 3 unspecified atom stereocenters. The van der Waals surface area contributed by atoms with Crippen LogP contribution in [-0.4, -0.2) is 57.4 Å². The number of hydrogen-bond donors (Lipinski definition) is 3. The van der Waals surface area contributed by atoms with Crippen LogP contribution < -0.4 is 16.4 Å². The molecule has 13 nitrogen and oxygen atoms in total. The second-order valence-electron chi connectivity index (χ2n) is 7.81. The lowest BCUT2D eigenvalue weighted by Crippen LogP contribution is -2.44. The minimum atomic E-state index is -5.07. The zero-order chi connectivity index (χ0) is 25.1. The summed E-state index contributed by atoms with van der Waals surface area (Å²) < 4.78 is 28.1. The van der Waals surface area contributed by atoms with Crippen molar-refractivity contribution in [1.82, 2.24) is 16.4 Å². The topological polar surface area (TPSA) is 160 Å². The summed E-state index contributed by atoms with van der Waals surface area (Å²) in [6.07, 6.45) is 0. The van der Waals surface area contributed by atoms with Crippen LogP contribution in [0.3, 0.4) is 0 Å². The molecule has 0 aliphatic rings. The molecule has 0 radical (unpaired) electrons. The molecule has 0 aliphatic heterocycles. The Kier molecular flexibility index (Phi) is 13.8. The van der Waals surface area contributed by atoms with Gasteiger partial charge in [-0.15, -0.1) is 0 Å². The largest absolute Gasteiger partial charge is 0.653 e. The fourth-order valence-electron chi connectivity index (χ4n) is 2.31. The molecule has 188 valence electrons. The molecule has 0 bridgehead atoms. The number of hydrogen-bond acceptors (Lipinski definition) is 13. The van der Waals surface area contributed by atoms with Crippen molar-refractivity contribution in [2.75, 3.05) is 21.3 Å². The molecular formula is C18H36N3O10P. The Morgan fingerprint density at radius 3 is 0.938 bits per heavy atom. The van der Waals surface area contributed by atoms with E-state index in [2.05, 4.69) is 16.4 Å². The zero-order valence-electron chi connectivity index (χ0n) is 20.0. The van der Waals surface area contributed by atoms with Crippen LogP contribution in [0.1, 0.15) is 41.5 Å². The van der Waals surface area contributed by atoms with Gasteiger partial charge in [0.05, 0.1) is 21.3 Å². The summed E-state index contributed by atoms with van der Waals surface area (Å²) in [7, 11) is -1.25. The second-order valence-corrected chi connectivity index (χ2v) is 9.25. The molecule has 0 aromatic rings. The zero-order valence-corrected chi connectivity index (χ0v) is 20.9. The van der Waals surface area contributed by atoms with Gasteiger partial charge in [-0.05, 0) is 17.8 Å². The highest BCUT2D eigenvalue weighted by molar-refractivity contribution is 7.50. The summed E-state index contributed by atoms with van der Waals surface area (Å²) in [5.41, 5.74) is 7.18. The molecular weight excluding hydrogens is 449 g/mol. The van der Waals surface area contributed by atoms with E-state index in [1.807, 2.05) is 0 Å². The Hall–Kier alpha value is -1.60. The lowest BCUT2D eigenvalue weighted by molar-refractivity contribution is -0.152. The first-order valence-electron chi connectivity index (χ1n) is 9.99. The van der Waals surface area contributed by atoms with Crippen LogP contribution in [0.2, 0.25) is 0 Å². The predicted octanol–water partition coefficient (Wildman–Crippen LogP) is 1.25. The third-order valence-corrected chi connectivity index (χ3v) is 5.31. The van der Waals surface area contributed by atoms with Gasteiger partial charge < -0.3 is 28.1 Å². The van der Waals surface area contributed by atoms with Gasteiger partial charge in [-0.2, -0.15) is 21.0 Å². The molecule has 32 heavy (non-hydrogen) atoms. The van der Waals surface area contributed by atoms with Crippen molar-refractivity contribution in [2.45, 2.75) is 59.7 Å². The van der Waals surface area contributed by atoms with Crippen molar-refractivity contribution >= 4 is 25.7 Å². The average Bonchev–Trinajstić information content (AvgIpc) is 2.66. The van der Waals surface area contributed by atoms with Crippen molar-refractivity contribution in [2.24, 2.45) is 17.8 Å². The molecule has 0 aliphatic carbocycles. The van der Waals surface area contributed by atoms with E-state index in [0.29, 0.717) is 0 Å². The van der Waals surface area contributed by atoms with Gasteiger partial charge in [-0.1, -0.05) is 41.5 Å². The van der Waals surface area contributed by atoms with Crippen LogP contribution in [0.4, 0.5) is 0 Å². The minimum Gasteiger partial charge on any atom is -0.350 e. The van der Waals surface area contributed by atoms with Crippen LogP contribution in [0, 0.1) is 17.8 Å². The third-order valence-electron chi connectivity index (χ3n) is 4.10. The van der Waals surface area contributed by atoms with Crippen LogP contribution in [0.25, 0.3) is 0 Å². The smallest absolute Gasteiger partial charge is 0.350 e. The molecule has 0 rings (SSSR count). The molecule has 14 heteroatoms. The highest BCUT2D eigenvalue weighted by atomic mass is 31.2. The summed E-state index contributed by atoms with van der Waals surface area (Å²) in [4.78, 5) is 52.1. The van der Waals surface area contributed by atoms with Crippen LogP contribution in [0.5, 0.6) is 0 Å². The molecule has 0 saturated carbocycles. The van der Waals surface area contributed by atoms with E-state index >= 15 is 0 Å². The van der Waals surface area contributed by atoms with E-state index in [1.165, 1.54) is 21.3 Å². The van der Waals surface area contributed by atoms with E-state index in [-0.39, 0.29) is 17.8 Å². The van der Waals surface area contributed by atoms with Gasteiger partial charge >= 0.3 is 25.7 Å². The summed E-state index contributed by atoms with van der Waals surface area (Å²) in [5, 5.41) is 0. The number of rotatable bonds is 15. The number of phosphoric acid groups is 1. The molecule has 0 spiro atoms. The standard InChI is InChI=1S/C18H36N3O10P/c1-10(2)13(19-26-7)16(22)29-32(25,30-17(23)14(11(3)4)20-27-8)31-18(24)15(12(5)6)21-28-9/h10-15,19-21H,1-9H3. The van der Waals surface area contributed by atoms with Gasteiger partial charge in [0.1, 0.15) is 18.1 Å². The van der Waals surface area contributed by atoms with Crippen LogP contribution in [-0.2, 0) is 47.0 Å². The fourth-order valence-corrected chi connectivity index (χ4v) is 3.42. The van der Waals surface area contributed by atoms with Gasteiger partial charge in [0.15, 0.2) is 0 Å². The third kappa shape index (κ3) is 9.90. The van der Waals surface area contributed by atoms with Gasteiger partial charge in [0.25, 0.3) is 0 Å². The van der Waals surface area contributed by atoms with E-state index in [0.717, 1.165) is 0 Å². The number of carbonyl (C=O) groups excluding carboxylic acids is 3. The molecule has 0 aromatic carbocycles. The lowest BCUT2D eigenvalue weighted by Gasteiger charge is -2.26. The van der Waals surface area contributed by atoms with Gasteiger partial charge in [0.2, 0.25) is 0 Å². The van der Waals surface area contributed by atoms with Crippen molar-refractivity contribution in [3.8, 4) is 0 Å². The molecule has 0 amide bonds. The van der Waals surface area contributed by atoms with Gasteiger partial charge in [-0.25, -0.2) is 14.4 Å². The average molecular weight is 485 g/mol. The van der Waals surface area contributed by atoms with Crippen molar-refractivity contribution in [3.05, 3.63) is 0 Å². The first-order chi connectivity index (χ1) is 14.8. The summed E-state index contributed by atoms with van der Waals surface area (Å²) >= 11 is 0. The molecule has 3 atom stereocenters. The number of nitrogens with one attached hydrogen (secondary N) is 3. The Morgan fingerprint density at radius 2 is 0.781 bits per heavy atom. The highest BCUT2D eigenvalue weighted by Crippen LogP contribution is 2.51. The maximum absolute atomic E-state index is 13.3. The monoisotopic (exact) mass is 485 g/mol. The predicted molar refractivity (Wildman–Crippen MR) is 112 cm³/mol. The molecule has 0 aromatic heterocycles. The Morgan fingerprint density at radius 1 is 0.562 bits per heavy atom. The summed E-state index contributed by atoms with van der Waals surface area (Å²) in [6.45, 7) is 9.97. The summed E-state index contributed by atoms with van der Waals surface area (Å²) in [6, 6.07) is -3.29. The first-order valence-corrected chi connectivity index (χ1v) is 11.4.